The van der Waals surface area contributed by atoms with Crippen molar-refractivity contribution in [3.8, 4) is 16.9 Å². The van der Waals surface area contributed by atoms with Gasteiger partial charge < -0.3 is 9.15 Å². The summed E-state index contributed by atoms with van der Waals surface area (Å²) in [5.41, 5.74) is 2.14. The first-order valence-corrected chi connectivity index (χ1v) is 7.50. The molecule has 0 fully saturated rings. The fourth-order valence-corrected chi connectivity index (χ4v) is 3.06. The van der Waals surface area contributed by atoms with E-state index in [4.69, 9.17) is 20.8 Å². The second-order valence-electron chi connectivity index (χ2n) is 5.24. The van der Waals surface area contributed by atoms with E-state index < -0.39 is 0 Å². The van der Waals surface area contributed by atoms with E-state index in [9.17, 15) is 4.39 Å². The Kier molecular flexibility index (Phi) is 3.24. The molecule has 1 heterocycles. The minimum atomic E-state index is -0.378. The lowest BCUT2D eigenvalue weighted by molar-refractivity contribution is 0.416. The van der Waals surface area contributed by atoms with Gasteiger partial charge in [-0.15, -0.1) is 0 Å². The van der Waals surface area contributed by atoms with Crippen LogP contribution in [0.15, 0.2) is 59.0 Å². The minimum absolute atomic E-state index is 0.359. The second-order valence-corrected chi connectivity index (χ2v) is 5.68. The molecule has 0 amide bonds. The van der Waals surface area contributed by atoms with E-state index in [1.165, 1.54) is 6.07 Å². The maximum absolute atomic E-state index is 14.6. The molecule has 114 valence electrons. The highest BCUT2D eigenvalue weighted by atomic mass is 35.5. The van der Waals surface area contributed by atoms with Crippen LogP contribution in [0.2, 0.25) is 5.02 Å². The highest BCUT2D eigenvalue weighted by Gasteiger charge is 2.19. The van der Waals surface area contributed by atoms with Gasteiger partial charge in [0, 0.05) is 21.4 Å². The van der Waals surface area contributed by atoms with Crippen LogP contribution >= 0.6 is 11.6 Å². The number of hydrogen-bond acceptors (Lipinski definition) is 2. The average Bonchev–Trinajstić information content (AvgIpc) is 2.93. The molecule has 4 aromatic rings. The van der Waals surface area contributed by atoms with Gasteiger partial charge in [0.25, 0.3) is 0 Å². The molecule has 3 aromatic carbocycles. The van der Waals surface area contributed by atoms with Crippen LogP contribution in [0.25, 0.3) is 33.1 Å². The van der Waals surface area contributed by atoms with E-state index in [-0.39, 0.29) is 5.82 Å². The molecule has 4 rings (SSSR count). The quantitative estimate of drug-likeness (QED) is 0.447. The molecule has 0 bridgehead atoms. The summed E-state index contributed by atoms with van der Waals surface area (Å²) in [6.45, 7) is 0. The topological polar surface area (TPSA) is 22.4 Å². The van der Waals surface area contributed by atoms with Crippen molar-refractivity contribution in [1.82, 2.24) is 0 Å². The molecule has 2 nitrogen and oxygen atoms in total. The summed E-state index contributed by atoms with van der Waals surface area (Å²) in [4.78, 5) is 0. The minimum Gasteiger partial charge on any atom is -0.496 e. The fourth-order valence-electron chi connectivity index (χ4n) is 2.89. The van der Waals surface area contributed by atoms with Gasteiger partial charge in [0.1, 0.15) is 22.7 Å². The highest BCUT2D eigenvalue weighted by molar-refractivity contribution is 6.31. The van der Waals surface area contributed by atoms with Crippen molar-refractivity contribution in [2.24, 2.45) is 0 Å². The van der Waals surface area contributed by atoms with Gasteiger partial charge in [-0.1, -0.05) is 29.8 Å². The molecule has 0 aliphatic heterocycles. The summed E-state index contributed by atoms with van der Waals surface area (Å²) in [5, 5.41) is 2.32. The Morgan fingerprint density at radius 1 is 1.00 bits per heavy atom. The van der Waals surface area contributed by atoms with Crippen LogP contribution in [-0.4, -0.2) is 7.11 Å². The third-order valence-electron chi connectivity index (χ3n) is 3.93. The summed E-state index contributed by atoms with van der Waals surface area (Å²) in [5.74, 6) is 0.165. The lowest BCUT2D eigenvalue weighted by atomic mass is 10.0. The lowest BCUT2D eigenvalue weighted by Gasteiger charge is -2.10. The molecule has 0 aliphatic carbocycles. The van der Waals surface area contributed by atoms with Crippen LogP contribution in [0.4, 0.5) is 4.39 Å². The van der Waals surface area contributed by atoms with E-state index in [0.717, 1.165) is 16.4 Å². The van der Waals surface area contributed by atoms with E-state index >= 15 is 0 Å². The Morgan fingerprint density at radius 3 is 2.65 bits per heavy atom. The summed E-state index contributed by atoms with van der Waals surface area (Å²) in [6.07, 6.45) is 0. The van der Waals surface area contributed by atoms with Crippen LogP contribution in [0.1, 0.15) is 0 Å². The van der Waals surface area contributed by atoms with Crippen LogP contribution < -0.4 is 4.74 Å². The van der Waals surface area contributed by atoms with E-state index in [1.807, 2.05) is 24.3 Å². The van der Waals surface area contributed by atoms with Crippen LogP contribution in [0, 0.1) is 5.82 Å². The molecule has 4 heteroatoms. The summed E-state index contributed by atoms with van der Waals surface area (Å²) < 4.78 is 25.9. The zero-order chi connectivity index (χ0) is 16.0. The molecule has 0 unspecified atom stereocenters. The van der Waals surface area contributed by atoms with Crippen LogP contribution in [-0.2, 0) is 0 Å². The predicted molar refractivity (Wildman–Crippen MR) is 90.7 cm³/mol. The predicted octanol–water partition coefficient (Wildman–Crippen LogP) is 6.05. The Bertz CT molecular complexity index is 1040. The smallest absolute Gasteiger partial charge is 0.146 e. The summed E-state index contributed by atoms with van der Waals surface area (Å²) in [7, 11) is 1.55. The molecule has 0 saturated heterocycles. The van der Waals surface area contributed by atoms with Crippen molar-refractivity contribution >= 4 is 33.5 Å². The van der Waals surface area contributed by atoms with Gasteiger partial charge in [-0.3, -0.25) is 0 Å². The van der Waals surface area contributed by atoms with Gasteiger partial charge in [0.15, 0.2) is 0 Å². The number of rotatable bonds is 2. The molecule has 1 aromatic heterocycles. The van der Waals surface area contributed by atoms with Crippen molar-refractivity contribution < 1.29 is 13.5 Å². The molecule has 0 saturated carbocycles. The van der Waals surface area contributed by atoms with E-state index in [1.54, 1.807) is 31.4 Å². The van der Waals surface area contributed by atoms with Gasteiger partial charge in [0.05, 0.1) is 12.7 Å². The highest BCUT2D eigenvalue weighted by Crippen LogP contribution is 2.41. The first kappa shape index (κ1) is 14.1. The number of para-hydroxylation sites is 1. The van der Waals surface area contributed by atoms with Crippen molar-refractivity contribution in [2.45, 2.75) is 0 Å². The molecule has 0 atom stereocenters. The van der Waals surface area contributed by atoms with Gasteiger partial charge in [0.2, 0.25) is 0 Å². The Balaban J connectivity index is 2.15. The third kappa shape index (κ3) is 2.16. The van der Waals surface area contributed by atoms with Gasteiger partial charge in [-0.2, -0.15) is 0 Å². The van der Waals surface area contributed by atoms with Crippen LogP contribution in [0.5, 0.6) is 5.75 Å². The lowest BCUT2D eigenvalue weighted by Crippen LogP contribution is -1.91. The normalized spacial score (nSPS) is 11.3. The number of methoxy groups -OCH3 is 1. The maximum Gasteiger partial charge on any atom is 0.146 e. The number of furan rings is 1. The maximum atomic E-state index is 14.6. The number of benzene rings is 3. The first-order chi connectivity index (χ1) is 11.2. The zero-order valence-electron chi connectivity index (χ0n) is 12.3. The molecule has 0 spiro atoms. The van der Waals surface area contributed by atoms with Gasteiger partial charge >= 0.3 is 0 Å². The second kappa shape index (κ2) is 5.28. The van der Waals surface area contributed by atoms with Crippen LogP contribution in [0.3, 0.4) is 0 Å². The zero-order valence-corrected chi connectivity index (χ0v) is 13.0. The molecule has 0 aliphatic rings. The fraction of sp³-hybridized carbons (Fsp3) is 0.0526. The van der Waals surface area contributed by atoms with Gasteiger partial charge in [-0.05, 0) is 36.4 Å². The van der Waals surface area contributed by atoms with Crippen molar-refractivity contribution in [1.29, 1.82) is 0 Å². The molecular formula is C19H12ClFO2. The van der Waals surface area contributed by atoms with E-state index in [0.29, 0.717) is 27.5 Å². The Labute approximate surface area is 137 Å². The SMILES string of the molecule is COc1ccc(Cl)cc1-c1c(F)ccc2c1oc1ccccc12. The number of fused-ring (bicyclic) bond motifs is 3. The average molecular weight is 327 g/mol. The summed E-state index contributed by atoms with van der Waals surface area (Å²) in [6, 6.07) is 15.9. The monoisotopic (exact) mass is 326 g/mol. The van der Waals surface area contributed by atoms with Crippen molar-refractivity contribution in [2.75, 3.05) is 7.11 Å². The largest absolute Gasteiger partial charge is 0.496 e. The molecular weight excluding hydrogens is 315 g/mol. The van der Waals surface area contributed by atoms with Gasteiger partial charge in [-0.25, -0.2) is 4.39 Å². The van der Waals surface area contributed by atoms with Crippen molar-refractivity contribution in [3.63, 3.8) is 0 Å². The molecule has 0 N–H and O–H groups in total. The number of ether oxygens (including phenoxy) is 1. The number of hydrogen-bond donors (Lipinski definition) is 0. The molecule has 0 radical (unpaired) electrons. The Morgan fingerprint density at radius 2 is 1.83 bits per heavy atom. The van der Waals surface area contributed by atoms with E-state index in [2.05, 4.69) is 0 Å². The first-order valence-electron chi connectivity index (χ1n) is 7.12. The third-order valence-corrected chi connectivity index (χ3v) is 4.16. The molecule has 23 heavy (non-hydrogen) atoms. The number of halogens is 2. The summed E-state index contributed by atoms with van der Waals surface area (Å²) >= 11 is 6.10. The Hall–Kier alpha value is -2.52. The van der Waals surface area contributed by atoms with Crippen molar-refractivity contribution in [3.05, 3.63) is 65.4 Å². The standard InChI is InChI=1S/C19H12ClFO2/c1-22-16-9-6-11(20)10-14(16)18-15(21)8-7-13-12-4-2-3-5-17(12)23-19(13)18/h2-10H,1H3.